The monoisotopic (exact) mass is 481 g/mol. The summed E-state index contributed by atoms with van der Waals surface area (Å²) in [5, 5.41) is 1.36. The average Bonchev–Trinajstić information content (AvgIpc) is 2.77. The maximum Gasteiger partial charge on any atom is 0.430 e. The minimum Gasteiger partial charge on any atom is -0.443 e. The highest BCUT2D eigenvalue weighted by Crippen LogP contribution is 2.39. The highest BCUT2D eigenvalue weighted by atomic mass is 16.6. The van der Waals surface area contributed by atoms with Crippen LogP contribution in [0, 0.1) is 0 Å². The van der Waals surface area contributed by atoms with Gasteiger partial charge in [-0.05, 0) is 65.5 Å². The van der Waals surface area contributed by atoms with Gasteiger partial charge < -0.3 is 9.47 Å². The number of amides is 2. The largest absolute Gasteiger partial charge is 0.443 e. The van der Waals surface area contributed by atoms with E-state index >= 15 is 0 Å². The first-order valence-electron chi connectivity index (χ1n) is 12.2. The van der Waals surface area contributed by atoms with Crippen LogP contribution in [0.25, 0.3) is 0 Å². The fraction of sp³-hybridized carbons (Fsp3) is 0.500. The molecule has 1 aliphatic rings. The van der Waals surface area contributed by atoms with Crippen molar-refractivity contribution in [1.29, 1.82) is 0 Å². The zero-order chi connectivity index (χ0) is 25.7. The van der Waals surface area contributed by atoms with Crippen LogP contribution < -0.4 is 5.43 Å². The molecule has 0 radical (unpaired) electrons. The molecule has 1 heterocycles. The first kappa shape index (κ1) is 26.5. The number of hydrogen-bond acceptors (Lipinski definition) is 5. The third kappa shape index (κ3) is 7.46. The maximum absolute atomic E-state index is 13.5. The number of nitrogens with zero attached hydrogens (tertiary/aromatic N) is 2. The summed E-state index contributed by atoms with van der Waals surface area (Å²) in [5.41, 5.74) is 2.73. The number of ether oxygens (including phenoxy) is 2. The molecule has 1 N–H and O–H groups in total. The van der Waals surface area contributed by atoms with Crippen molar-refractivity contribution in [3.8, 4) is 0 Å². The van der Waals surface area contributed by atoms with Gasteiger partial charge in [0.05, 0.1) is 5.54 Å². The number of rotatable bonds is 4. The molecule has 7 heteroatoms. The van der Waals surface area contributed by atoms with Gasteiger partial charge in [0.25, 0.3) is 0 Å². The van der Waals surface area contributed by atoms with E-state index in [-0.39, 0.29) is 0 Å². The van der Waals surface area contributed by atoms with Crippen LogP contribution in [0.5, 0.6) is 0 Å². The topological polar surface area (TPSA) is 71.1 Å². The lowest BCUT2D eigenvalue weighted by molar-refractivity contribution is -0.0521. The summed E-state index contributed by atoms with van der Waals surface area (Å²) in [6.45, 7) is 13.1. The Hall–Kier alpha value is -3.06. The van der Waals surface area contributed by atoms with Crippen molar-refractivity contribution in [2.75, 3.05) is 13.1 Å². The number of likely N-dealkylation sites (tertiary alicyclic amines) is 1. The summed E-state index contributed by atoms with van der Waals surface area (Å²) >= 11 is 0. The maximum atomic E-state index is 13.5. The summed E-state index contributed by atoms with van der Waals surface area (Å²) in [5.74, 6) is 0. The molecule has 190 valence electrons. The summed E-state index contributed by atoms with van der Waals surface area (Å²) in [6, 6.07) is 20.2. The second-order valence-corrected chi connectivity index (χ2v) is 11.1. The van der Waals surface area contributed by atoms with Gasteiger partial charge in [0, 0.05) is 19.6 Å². The van der Waals surface area contributed by atoms with Crippen molar-refractivity contribution >= 4 is 12.2 Å². The van der Waals surface area contributed by atoms with E-state index in [4.69, 9.17) is 9.47 Å². The van der Waals surface area contributed by atoms with Crippen LogP contribution in [0.15, 0.2) is 60.7 Å². The van der Waals surface area contributed by atoms with Gasteiger partial charge in [0.2, 0.25) is 0 Å². The molecular formula is C28H39N3O4. The molecule has 2 amide bonds. The summed E-state index contributed by atoms with van der Waals surface area (Å²) in [7, 11) is 0. The van der Waals surface area contributed by atoms with Gasteiger partial charge in [0.15, 0.2) is 0 Å². The number of nitrogens with one attached hydrogen (secondary N) is 1. The Morgan fingerprint density at radius 1 is 0.857 bits per heavy atom. The minimum absolute atomic E-state index is 0.608. The van der Waals surface area contributed by atoms with Gasteiger partial charge in [-0.15, -0.1) is 0 Å². The molecule has 0 saturated carbocycles. The molecule has 0 bridgehead atoms. The van der Waals surface area contributed by atoms with Gasteiger partial charge in [-0.2, -0.15) is 0 Å². The van der Waals surface area contributed by atoms with Crippen LogP contribution in [-0.4, -0.2) is 46.4 Å². The Labute approximate surface area is 209 Å². The second kappa shape index (κ2) is 10.7. The molecule has 3 rings (SSSR count). The SMILES string of the molecule is CC(C)(C)OC(=O)NN(C(=O)OC(C)(C)C)C1(c2ccccc2)CCN(Cc2ccccc2)CC1. The van der Waals surface area contributed by atoms with Crippen LogP contribution in [-0.2, 0) is 21.6 Å². The molecule has 1 saturated heterocycles. The first-order chi connectivity index (χ1) is 16.4. The number of hydrazine groups is 1. The zero-order valence-electron chi connectivity index (χ0n) is 21.8. The summed E-state index contributed by atoms with van der Waals surface area (Å²) in [4.78, 5) is 28.8. The lowest BCUT2D eigenvalue weighted by atomic mass is 9.80. The van der Waals surface area contributed by atoms with Crippen molar-refractivity contribution in [2.24, 2.45) is 0 Å². The van der Waals surface area contributed by atoms with Crippen molar-refractivity contribution in [2.45, 2.75) is 77.7 Å². The number of benzene rings is 2. The van der Waals surface area contributed by atoms with Gasteiger partial charge in [-0.25, -0.2) is 20.0 Å². The van der Waals surface area contributed by atoms with Crippen LogP contribution in [0.1, 0.15) is 65.5 Å². The second-order valence-electron chi connectivity index (χ2n) is 11.1. The molecule has 1 aliphatic heterocycles. The van der Waals surface area contributed by atoms with E-state index in [9.17, 15) is 9.59 Å². The molecule has 35 heavy (non-hydrogen) atoms. The van der Waals surface area contributed by atoms with Crippen molar-refractivity contribution in [3.63, 3.8) is 0 Å². The third-order valence-corrected chi connectivity index (χ3v) is 5.85. The van der Waals surface area contributed by atoms with E-state index < -0.39 is 28.9 Å². The molecule has 1 fully saturated rings. The van der Waals surface area contributed by atoms with Crippen molar-refractivity contribution < 1.29 is 19.1 Å². The molecule has 0 unspecified atom stereocenters. The molecule has 0 aliphatic carbocycles. The van der Waals surface area contributed by atoms with E-state index in [0.29, 0.717) is 12.8 Å². The third-order valence-electron chi connectivity index (χ3n) is 5.85. The van der Waals surface area contributed by atoms with E-state index in [1.807, 2.05) is 69.3 Å². The minimum atomic E-state index is -0.784. The van der Waals surface area contributed by atoms with E-state index in [1.165, 1.54) is 10.6 Å². The number of carbonyl (C=O) groups excluding carboxylic acids is 2. The molecule has 0 aromatic heterocycles. The van der Waals surface area contributed by atoms with E-state index in [2.05, 4.69) is 22.5 Å². The van der Waals surface area contributed by atoms with Crippen LogP contribution >= 0.6 is 0 Å². The van der Waals surface area contributed by atoms with Crippen LogP contribution in [0.4, 0.5) is 9.59 Å². The molecule has 0 atom stereocenters. The Morgan fingerprint density at radius 2 is 1.37 bits per heavy atom. The average molecular weight is 482 g/mol. The Bertz CT molecular complexity index is 973. The number of hydrogen-bond donors (Lipinski definition) is 1. The lowest BCUT2D eigenvalue weighted by Gasteiger charge is -2.48. The molecule has 2 aromatic rings. The Kier molecular flexibility index (Phi) is 8.11. The fourth-order valence-corrected chi connectivity index (χ4v) is 4.34. The van der Waals surface area contributed by atoms with Crippen molar-refractivity contribution in [3.05, 3.63) is 71.8 Å². The number of piperidine rings is 1. The van der Waals surface area contributed by atoms with Gasteiger partial charge in [0.1, 0.15) is 11.2 Å². The standard InChI is InChI=1S/C28H39N3O4/c1-26(2,3)34-24(32)29-31(25(33)35-27(4,5)6)28(23-15-11-8-12-16-23)17-19-30(20-18-28)21-22-13-9-7-10-14-22/h7-16H,17-21H2,1-6H3,(H,29,32). The van der Waals surface area contributed by atoms with Gasteiger partial charge >= 0.3 is 12.2 Å². The first-order valence-corrected chi connectivity index (χ1v) is 12.2. The Morgan fingerprint density at radius 3 is 1.89 bits per heavy atom. The van der Waals surface area contributed by atoms with Gasteiger partial charge in [-0.1, -0.05) is 60.7 Å². The normalized spacial score (nSPS) is 16.3. The smallest absolute Gasteiger partial charge is 0.430 e. The highest BCUT2D eigenvalue weighted by Gasteiger charge is 2.47. The zero-order valence-corrected chi connectivity index (χ0v) is 21.8. The van der Waals surface area contributed by atoms with Gasteiger partial charge in [-0.3, -0.25) is 4.90 Å². The molecular weight excluding hydrogens is 442 g/mol. The van der Waals surface area contributed by atoms with Crippen LogP contribution in [0.3, 0.4) is 0 Å². The highest BCUT2D eigenvalue weighted by molar-refractivity contribution is 5.75. The molecule has 7 nitrogen and oxygen atoms in total. The molecule has 2 aromatic carbocycles. The van der Waals surface area contributed by atoms with Crippen LogP contribution in [0.2, 0.25) is 0 Å². The predicted molar refractivity (Wildman–Crippen MR) is 137 cm³/mol. The molecule has 0 spiro atoms. The summed E-state index contributed by atoms with van der Waals surface area (Å²) < 4.78 is 11.3. The fourth-order valence-electron chi connectivity index (χ4n) is 4.34. The summed E-state index contributed by atoms with van der Waals surface area (Å²) in [6.07, 6.45) is -0.0493. The Balaban J connectivity index is 1.93. The quantitative estimate of drug-likeness (QED) is 0.554. The van der Waals surface area contributed by atoms with E-state index in [0.717, 1.165) is 25.2 Å². The predicted octanol–water partition coefficient (Wildman–Crippen LogP) is 5.85. The van der Waals surface area contributed by atoms with E-state index in [1.54, 1.807) is 20.8 Å². The number of carbonyl (C=O) groups is 2. The lowest BCUT2D eigenvalue weighted by Crippen LogP contribution is -2.62. The van der Waals surface area contributed by atoms with Crippen molar-refractivity contribution in [1.82, 2.24) is 15.3 Å².